The third-order valence-electron chi connectivity index (χ3n) is 3.73. The first-order valence-corrected chi connectivity index (χ1v) is 7.56. The molecule has 2 aromatic carbocycles. The van der Waals surface area contributed by atoms with E-state index in [-0.39, 0.29) is 5.91 Å². The highest BCUT2D eigenvalue weighted by atomic mass is 19.1. The molecule has 0 saturated heterocycles. The first-order valence-electron chi connectivity index (χ1n) is 7.56. The number of amides is 1. The van der Waals surface area contributed by atoms with Gasteiger partial charge in [0.25, 0.3) is 5.91 Å². The molecule has 0 fully saturated rings. The Kier molecular flexibility index (Phi) is 4.37. The van der Waals surface area contributed by atoms with E-state index in [1.165, 1.54) is 28.8 Å². The topological polar surface area (TPSA) is 44.7 Å². The van der Waals surface area contributed by atoms with Crippen LogP contribution in [0.15, 0.2) is 53.6 Å². The van der Waals surface area contributed by atoms with E-state index in [9.17, 15) is 9.18 Å². The quantitative estimate of drug-likeness (QED) is 0.947. The van der Waals surface area contributed by atoms with Crippen molar-refractivity contribution in [3.63, 3.8) is 0 Å². The van der Waals surface area contributed by atoms with E-state index in [2.05, 4.69) is 34.7 Å². The molecule has 0 radical (unpaired) electrons. The van der Waals surface area contributed by atoms with Crippen LogP contribution in [0.5, 0.6) is 0 Å². The van der Waals surface area contributed by atoms with E-state index >= 15 is 0 Å². The van der Waals surface area contributed by atoms with Gasteiger partial charge in [0.2, 0.25) is 0 Å². The van der Waals surface area contributed by atoms with Gasteiger partial charge in [-0.25, -0.2) is 9.40 Å². The maximum atomic E-state index is 13.2. The number of aryl methyl sites for hydroxylation is 1. The second-order valence-corrected chi connectivity index (χ2v) is 5.57. The second-order valence-electron chi connectivity index (χ2n) is 5.57. The molecule has 1 amide bonds. The van der Waals surface area contributed by atoms with Crippen molar-refractivity contribution in [3.8, 4) is 0 Å². The lowest BCUT2D eigenvalue weighted by atomic mass is 10.1. The van der Waals surface area contributed by atoms with Crippen LogP contribution in [0.2, 0.25) is 0 Å². The van der Waals surface area contributed by atoms with E-state index in [4.69, 9.17) is 0 Å². The number of benzene rings is 2. The minimum Gasteiger partial charge on any atom is -0.368 e. The summed E-state index contributed by atoms with van der Waals surface area (Å²) in [6.45, 7) is 3.22. The Morgan fingerprint density at radius 1 is 1.26 bits per heavy atom. The third-order valence-corrected chi connectivity index (χ3v) is 3.73. The maximum Gasteiger partial charge on any atom is 0.274 e. The number of nitrogens with zero attached hydrogens (tertiary/aromatic N) is 2. The van der Waals surface area contributed by atoms with Gasteiger partial charge < -0.3 is 5.32 Å². The molecule has 23 heavy (non-hydrogen) atoms. The van der Waals surface area contributed by atoms with Crippen molar-refractivity contribution in [2.24, 2.45) is 5.10 Å². The number of nitrogens with one attached hydrogen (secondary N) is 1. The number of rotatable bonds is 3. The van der Waals surface area contributed by atoms with Crippen molar-refractivity contribution in [1.82, 2.24) is 10.3 Å². The molecular formula is C18H18FN3O. The third kappa shape index (κ3) is 3.74. The summed E-state index contributed by atoms with van der Waals surface area (Å²) >= 11 is 0. The summed E-state index contributed by atoms with van der Waals surface area (Å²) in [5, 5.41) is 8.92. The molecule has 0 spiro atoms. The molecule has 4 nitrogen and oxygen atoms in total. The smallest absolute Gasteiger partial charge is 0.274 e. The van der Waals surface area contributed by atoms with E-state index in [0.29, 0.717) is 25.1 Å². The van der Waals surface area contributed by atoms with Crippen molar-refractivity contribution >= 4 is 11.7 Å². The van der Waals surface area contributed by atoms with Gasteiger partial charge in [0, 0.05) is 18.5 Å². The zero-order valence-corrected chi connectivity index (χ0v) is 12.9. The highest BCUT2D eigenvalue weighted by molar-refractivity contribution is 5.96. The summed E-state index contributed by atoms with van der Waals surface area (Å²) in [4.78, 5) is 12.3. The van der Waals surface area contributed by atoms with Crippen LogP contribution in [0.4, 0.5) is 4.39 Å². The van der Waals surface area contributed by atoms with Gasteiger partial charge in [-0.05, 0) is 30.7 Å². The fourth-order valence-electron chi connectivity index (χ4n) is 2.41. The fraction of sp³-hybridized carbons (Fsp3) is 0.222. The highest BCUT2D eigenvalue weighted by Gasteiger charge is 2.22. The zero-order valence-electron chi connectivity index (χ0n) is 12.9. The van der Waals surface area contributed by atoms with Crippen molar-refractivity contribution in [2.75, 3.05) is 6.54 Å². The Morgan fingerprint density at radius 2 is 2.04 bits per heavy atom. The molecule has 1 heterocycles. The number of amidine groups is 1. The molecular weight excluding hydrogens is 293 g/mol. The lowest BCUT2D eigenvalue weighted by Crippen LogP contribution is -2.23. The van der Waals surface area contributed by atoms with E-state index in [0.717, 1.165) is 11.4 Å². The normalized spacial score (nSPS) is 13.8. The molecule has 0 bridgehead atoms. The predicted octanol–water partition coefficient (Wildman–Crippen LogP) is 3.08. The zero-order chi connectivity index (χ0) is 16.2. The van der Waals surface area contributed by atoms with Gasteiger partial charge in [-0.3, -0.25) is 4.79 Å². The number of hydrazone groups is 1. The van der Waals surface area contributed by atoms with Gasteiger partial charge in [0.15, 0.2) is 0 Å². The molecule has 0 unspecified atom stereocenters. The number of carbonyl (C=O) groups is 1. The lowest BCUT2D eigenvalue weighted by Gasteiger charge is -2.11. The summed E-state index contributed by atoms with van der Waals surface area (Å²) in [5.41, 5.74) is 2.69. The van der Waals surface area contributed by atoms with Crippen LogP contribution in [-0.4, -0.2) is 23.3 Å². The molecule has 0 aromatic heterocycles. The number of hydrogen-bond acceptors (Lipinski definition) is 3. The van der Waals surface area contributed by atoms with E-state index in [1.807, 2.05) is 6.92 Å². The van der Waals surface area contributed by atoms with Crippen LogP contribution in [-0.2, 0) is 6.54 Å². The van der Waals surface area contributed by atoms with Crippen LogP contribution >= 0.6 is 0 Å². The van der Waals surface area contributed by atoms with E-state index in [1.54, 1.807) is 6.07 Å². The van der Waals surface area contributed by atoms with Gasteiger partial charge in [0.1, 0.15) is 11.7 Å². The van der Waals surface area contributed by atoms with Crippen molar-refractivity contribution in [2.45, 2.75) is 19.9 Å². The Morgan fingerprint density at radius 3 is 2.78 bits per heavy atom. The molecule has 3 rings (SSSR count). The second kappa shape index (κ2) is 6.60. The molecule has 1 N–H and O–H groups in total. The number of carbonyl (C=O) groups excluding carboxylic acids is 1. The van der Waals surface area contributed by atoms with Crippen molar-refractivity contribution in [1.29, 1.82) is 0 Å². The van der Waals surface area contributed by atoms with Gasteiger partial charge in [-0.2, -0.15) is 5.10 Å². The molecule has 1 aliphatic heterocycles. The minimum absolute atomic E-state index is 0.281. The average Bonchev–Trinajstić information content (AvgIpc) is 3.02. The Labute approximate surface area is 134 Å². The van der Waals surface area contributed by atoms with Gasteiger partial charge >= 0.3 is 0 Å². The predicted molar refractivity (Wildman–Crippen MR) is 87.5 cm³/mol. The molecule has 2 aromatic rings. The lowest BCUT2D eigenvalue weighted by molar-refractivity contribution is 0.0777. The monoisotopic (exact) mass is 311 g/mol. The van der Waals surface area contributed by atoms with Crippen LogP contribution in [0, 0.1) is 12.7 Å². The molecule has 0 atom stereocenters. The molecule has 0 aliphatic carbocycles. The van der Waals surface area contributed by atoms with Crippen LogP contribution in [0.3, 0.4) is 0 Å². The molecule has 0 saturated carbocycles. The average molecular weight is 311 g/mol. The highest BCUT2D eigenvalue weighted by Crippen LogP contribution is 2.13. The fourth-order valence-corrected chi connectivity index (χ4v) is 2.41. The van der Waals surface area contributed by atoms with Crippen LogP contribution in [0.25, 0.3) is 0 Å². The largest absolute Gasteiger partial charge is 0.368 e. The maximum absolute atomic E-state index is 13.2. The molecule has 5 heteroatoms. The van der Waals surface area contributed by atoms with E-state index < -0.39 is 5.82 Å². The van der Waals surface area contributed by atoms with Gasteiger partial charge in [0.05, 0.1) is 6.54 Å². The van der Waals surface area contributed by atoms with Crippen molar-refractivity contribution < 1.29 is 9.18 Å². The summed E-state index contributed by atoms with van der Waals surface area (Å²) in [6.07, 6.45) is 0.674. The standard InChI is InChI=1S/C18H18FN3O/c1-13-5-7-14(8-6-13)12-20-17-9-10-22(21-17)18(23)15-3-2-4-16(19)11-15/h2-8,11H,9-10,12H2,1H3,(H,20,21). The first-order chi connectivity index (χ1) is 11.1. The Bertz CT molecular complexity index is 740. The van der Waals surface area contributed by atoms with Gasteiger partial charge in [-0.15, -0.1) is 0 Å². The summed E-state index contributed by atoms with van der Waals surface area (Å²) < 4.78 is 13.2. The van der Waals surface area contributed by atoms with Crippen molar-refractivity contribution in [3.05, 3.63) is 71.0 Å². The molecule has 1 aliphatic rings. The Balaban J connectivity index is 1.61. The first kappa shape index (κ1) is 15.2. The number of halogens is 1. The summed E-state index contributed by atoms with van der Waals surface area (Å²) in [6, 6.07) is 13.9. The Hall–Kier alpha value is -2.69. The summed E-state index contributed by atoms with van der Waals surface area (Å²) in [7, 11) is 0. The van der Waals surface area contributed by atoms with Crippen LogP contribution in [0.1, 0.15) is 27.9 Å². The van der Waals surface area contributed by atoms with Crippen LogP contribution < -0.4 is 5.32 Å². The molecule has 118 valence electrons. The summed E-state index contributed by atoms with van der Waals surface area (Å²) in [5.74, 6) is 0.0729. The van der Waals surface area contributed by atoms with Gasteiger partial charge in [-0.1, -0.05) is 35.9 Å². The number of hydrogen-bond donors (Lipinski definition) is 1. The SMILES string of the molecule is Cc1ccc(CNC2=NN(C(=O)c3cccc(F)c3)CC2)cc1. The minimum atomic E-state index is -0.420.